The Morgan fingerprint density at radius 2 is 2.20 bits per heavy atom. The second-order valence-electron chi connectivity index (χ2n) is 3.52. The topological polar surface area (TPSA) is 47.0 Å². The third-order valence-electron chi connectivity index (χ3n) is 2.20. The summed E-state index contributed by atoms with van der Waals surface area (Å²) in [6, 6.07) is 1.99. The second-order valence-corrected chi connectivity index (χ2v) is 3.52. The summed E-state index contributed by atoms with van der Waals surface area (Å²) in [4.78, 5) is 8.79. The minimum Gasteiger partial charge on any atom is -0.374 e. The SMILES string of the molecule is CCNCc1cc(C)nc(C(C)OC)n1. The number of ether oxygens (including phenoxy) is 1. The highest BCUT2D eigenvalue weighted by Gasteiger charge is 2.09. The highest BCUT2D eigenvalue weighted by molar-refractivity contribution is 5.11. The van der Waals surface area contributed by atoms with E-state index in [-0.39, 0.29) is 6.10 Å². The largest absolute Gasteiger partial charge is 0.374 e. The van der Waals surface area contributed by atoms with E-state index in [1.165, 1.54) is 0 Å². The first kappa shape index (κ1) is 12.1. The zero-order valence-electron chi connectivity index (χ0n) is 9.87. The molecule has 15 heavy (non-hydrogen) atoms. The summed E-state index contributed by atoms with van der Waals surface area (Å²) in [7, 11) is 1.67. The van der Waals surface area contributed by atoms with Crippen LogP contribution in [0.4, 0.5) is 0 Å². The van der Waals surface area contributed by atoms with Crippen LogP contribution in [0, 0.1) is 6.92 Å². The van der Waals surface area contributed by atoms with Crippen LogP contribution in [0.5, 0.6) is 0 Å². The van der Waals surface area contributed by atoms with Crippen LogP contribution in [0.1, 0.15) is 37.2 Å². The molecule has 1 heterocycles. The summed E-state index contributed by atoms with van der Waals surface area (Å²) < 4.78 is 5.21. The van der Waals surface area contributed by atoms with Gasteiger partial charge in [0.05, 0.1) is 5.69 Å². The molecule has 0 bridgehead atoms. The minimum atomic E-state index is -0.0507. The fourth-order valence-corrected chi connectivity index (χ4v) is 1.29. The second kappa shape index (κ2) is 5.78. The van der Waals surface area contributed by atoms with Crippen molar-refractivity contribution >= 4 is 0 Å². The standard InChI is InChI=1S/C11H19N3O/c1-5-12-7-10-6-8(2)13-11(14-10)9(3)15-4/h6,9,12H,5,7H2,1-4H3. The van der Waals surface area contributed by atoms with Crippen LogP contribution in [0.2, 0.25) is 0 Å². The molecule has 0 aliphatic rings. The zero-order valence-corrected chi connectivity index (χ0v) is 9.87. The molecule has 0 radical (unpaired) electrons. The average molecular weight is 209 g/mol. The van der Waals surface area contributed by atoms with Crippen molar-refractivity contribution in [1.82, 2.24) is 15.3 Å². The van der Waals surface area contributed by atoms with E-state index in [2.05, 4.69) is 22.2 Å². The summed E-state index contributed by atoms with van der Waals surface area (Å²) in [5, 5.41) is 3.24. The summed E-state index contributed by atoms with van der Waals surface area (Å²) in [6.45, 7) is 7.73. The van der Waals surface area contributed by atoms with Crippen molar-refractivity contribution in [2.24, 2.45) is 0 Å². The zero-order chi connectivity index (χ0) is 11.3. The Morgan fingerprint density at radius 1 is 1.47 bits per heavy atom. The number of aromatic nitrogens is 2. The molecule has 1 aromatic rings. The first-order valence-corrected chi connectivity index (χ1v) is 5.25. The fourth-order valence-electron chi connectivity index (χ4n) is 1.29. The predicted octanol–water partition coefficient (Wildman–Crippen LogP) is 1.60. The molecule has 0 aliphatic heterocycles. The molecule has 1 N–H and O–H groups in total. The van der Waals surface area contributed by atoms with Gasteiger partial charge in [-0.2, -0.15) is 0 Å². The summed E-state index contributed by atoms with van der Waals surface area (Å²) in [5.41, 5.74) is 2.00. The molecule has 0 saturated carbocycles. The quantitative estimate of drug-likeness (QED) is 0.800. The Bertz CT molecular complexity index is 315. The van der Waals surface area contributed by atoms with Crippen molar-refractivity contribution in [2.45, 2.75) is 33.4 Å². The van der Waals surface area contributed by atoms with Crippen molar-refractivity contribution in [3.63, 3.8) is 0 Å². The van der Waals surface area contributed by atoms with Crippen LogP contribution >= 0.6 is 0 Å². The van der Waals surface area contributed by atoms with E-state index in [1.807, 2.05) is 19.9 Å². The molecule has 0 aliphatic carbocycles. The van der Waals surface area contributed by atoms with Gasteiger partial charge in [0.25, 0.3) is 0 Å². The molecular weight excluding hydrogens is 190 g/mol. The van der Waals surface area contributed by atoms with Crippen LogP contribution in [0.3, 0.4) is 0 Å². The lowest BCUT2D eigenvalue weighted by molar-refractivity contribution is 0.111. The molecule has 0 saturated heterocycles. The maximum absolute atomic E-state index is 5.21. The molecule has 84 valence electrons. The smallest absolute Gasteiger partial charge is 0.157 e. The maximum atomic E-state index is 5.21. The maximum Gasteiger partial charge on any atom is 0.157 e. The number of nitrogens with zero attached hydrogens (tertiary/aromatic N) is 2. The van der Waals surface area contributed by atoms with Crippen LogP contribution in [0.15, 0.2) is 6.07 Å². The monoisotopic (exact) mass is 209 g/mol. The normalized spacial score (nSPS) is 12.8. The van der Waals surface area contributed by atoms with Gasteiger partial charge < -0.3 is 10.1 Å². The molecular formula is C11H19N3O. The molecule has 1 rings (SSSR count). The van der Waals surface area contributed by atoms with Gasteiger partial charge in [-0.25, -0.2) is 9.97 Å². The molecule has 4 heteroatoms. The number of hydrogen-bond acceptors (Lipinski definition) is 4. The van der Waals surface area contributed by atoms with E-state index < -0.39 is 0 Å². The third kappa shape index (κ3) is 3.57. The van der Waals surface area contributed by atoms with Gasteiger partial charge in [-0.15, -0.1) is 0 Å². The Hall–Kier alpha value is -1.00. The fraction of sp³-hybridized carbons (Fsp3) is 0.636. The van der Waals surface area contributed by atoms with E-state index in [4.69, 9.17) is 4.74 Å². The van der Waals surface area contributed by atoms with Crippen LogP contribution in [0.25, 0.3) is 0 Å². The van der Waals surface area contributed by atoms with Gasteiger partial charge in [0.1, 0.15) is 6.10 Å². The third-order valence-corrected chi connectivity index (χ3v) is 2.20. The van der Waals surface area contributed by atoms with Gasteiger partial charge in [0.15, 0.2) is 5.82 Å². The molecule has 0 aromatic carbocycles. The molecule has 1 atom stereocenters. The lowest BCUT2D eigenvalue weighted by Gasteiger charge is -2.10. The van der Waals surface area contributed by atoms with Crippen molar-refractivity contribution in [3.8, 4) is 0 Å². The van der Waals surface area contributed by atoms with Gasteiger partial charge in [0, 0.05) is 19.3 Å². The summed E-state index contributed by atoms with van der Waals surface area (Å²) >= 11 is 0. The number of nitrogens with one attached hydrogen (secondary N) is 1. The van der Waals surface area contributed by atoms with E-state index in [1.54, 1.807) is 7.11 Å². The van der Waals surface area contributed by atoms with Crippen LogP contribution in [-0.4, -0.2) is 23.6 Å². The Labute approximate surface area is 91.1 Å². The van der Waals surface area contributed by atoms with Crippen molar-refractivity contribution < 1.29 is 4.74 Å². The van der Waals surface area contributed by atoms with Crippen molar-refractivity contribution in [1.29, 1.82) is 0 Å². The number of methoxy groups -OCH3 is 1. The van der Waals surface area contributed by atoms with Gasteiger partial charge in [0.2, 0.25) is 0 Å². The Morgan fingerprint density at radius 3 is 2.80 bits per heavy atom. The highest BCUT2D eigenvalue weighted by atomic mass is 16.5. The van der Waals surface area contributed by atoms with Gasteiger partial charge in [-0.05, 0) is 26.5 Å². The van der Waals surface area contributed by atoms with Crippen LogP contribution < -0.4 is 5.32 Å². The van der Waals surface area contributed by atoms with Crippen molar-refractivity contribution in [3.05, 3.63) is 23.3 Å². The number of aryl methyl sites for hydroxylation is 1. The Balaban J connectivity index is 2.84. The van der Waals surface area contributed by atoms with Crippen molar-refractivity contribution in [2.75, 3.05) is 13.7 Å². The van der Waals surface area contributed by atoms with Gasteiger partial charge in [-0.1, -0.05) is 6.92 Å². The van der Waals surface area contributed by atoms with E-state index in [0.29, 0.717) is 0 Å². The predicted molar refractivity (Wildman–Crippen MR) is 59.6 cm³/mol. The van der Waals surface area contributed by atoms with E-state index >= 15 is 0 Å². The lowest BCUT2D eigenvalue weighted by Crippen LogP contribution is -2.15. The average Bonchev–Trinajstić information content (AvgIpc) is 2.24. The Kier molecular flexibility index (Phi) is 4.65. The first-order valence-electron chi connectivity index (χ1n) is 5.25. The van der Waals surface area contributed by atoms with E-state index in [9.17, 15) is 0 Å². The molecule has 1 aromatic heterocycles. The molecule has 0 amide bonds. The van der Waals surface area contributed by atoms with Gasteiger partial charge >= 0.3 is 0 Å². The van der Waals surface area contributed by atoms with Gasteiger partial charge in [-0.3, -0.25) is 0 Å². The minimum absolute atomic E-state index is 0.0507. The summed E-state index contributed by atoms with van der Waals surface area (Å²) in [6.07, 6.45) is -0.0507. The van der Waals surface area contributed by atoms with Crippen LogP contribution in [-0.2, 0) is 11.3 Å². The first-order chi connectivity index (χ1) is 7.17. The molecule has 0 fully saturated rings. The molecule has 4 nitrogen and oxygen atoms in total. The summed E-state index contributed by atoms with van der Waals surface area (Å²) in [5.74, 6) is 0.755. The number of hydrogen-bond donors (Lipinski definition) is 1. The molecule has 0 spiro atoms. The highest BCUT2D eigenvalue weighted by Crippen LogP contribution is 2.12. The van der Waals surface area contributed by atoms with E-state index in [0.717, 1.165) is 30.3 Å². The number of rotatable bonds is 5. The lowest BCUT2D eigenvalue weighted by atomic mass is 10.3. The molecule has 1 unspecified atom stereocenters.